The van der Waals surface area contributed by atoms with Crippen LogP contribution in [0.3, 0.4) is 0 Å². The SMILES string of the molecule is CN1/C(=C/C(=O)COC(=O)COc2ccc3c4c(c(=O)oc3c2)CCC4)C(C)(C)c2ccccc21. The van der Waals surface area contributed by atoms with Crippen molar-refractivity contribution in [2.45, 2.75) is 38.5 Å². The first-order chi connectivity index (χ1) is 16.8. The molecule has 1 aliphatic carbocycles. The molecule has 5 rings (SSSR count). The van der Waals surface area contributed by atoms with Crippen LogP contribution in [-0.2, 0) is 32.6 Å². The molecule has 0 N–H and O–H groups in total. The van der Waals surface area contributed by atoms with Crippen LogP contribution in [0.2, 0.25) is 0 Å². The van der Waals surface area contributed by atoms with E-state index in [4.69, 9.17) is 13.9 Å². The highest BCUT2D eigenvalue weighted by Gasteiger charge is 2.38. The maximum Gasteiger partial charge on any atom is 0.344 e. The number of anilines is 1. The summed E-state index contributed by atoms with van der Waals surface area (Å²) in [6, 6.07) is 13.2. The molecule has 0 radical (unpaired) electrons. The Labute approximate surface area is 202 Å². The normalized spacial score (nSPS) is 16.9. The molecule has 7 nitrogen and oxygen atoms in total. The lowest BCUT2D eigenvalue weighted by atomic mass is 9.83. The average Bonchev–Trinajstić information content (AvgIpc) is 3.41. The zero-order valence-corrected chi connectivity index (χ0v) is 20.1. The van der Waals surface area contributed by atoms with Crippen LogP contribution in [0.4, 0.5) is 5.69 Å². The summed E-state index contributed by atoms with van der Waals surface area (Å²) in [5, 5.41) is 0.896. The van der Waals surface area contributed by atoms with Gasteiger partial charge in [-0.15, -0.1) is 0 Å². The minimum atomic E-state index is -0.658. The highest BCUT2D eigenvalue weighted by Crippen LogP contribution is 2.46. The van der Waals surface area contributed by atoms with Gasteiger partial charge < -0.3 is 18.8 Å². The quantitative estimate of drug-likeness (QED) is 0.303. The molecule has 35 heavy (non-hydrogen) atoms. The van der Waals surface area contributed by atoms with E-state index in [0.29, 0.717) is 11.3 Å². The van der Waals surface area contributed by atoms with Crippen LogP contribution in [0.15, 0.2) is 63.4 Å². The van der Waals surface area contributed by atoms with Crippen LogP contribution in [0.25, 0.3) is 11.0 Å². The molecule has 3 aromatic rings. The van der Waals surface area contributed by atoms with Crippen LogP contribution < -0.4 is 15.3 Å². The number of hydrogen-bond donors (Lipinski definition) is 0. The third-order valence-corrected chi connectivity index (χ3v) is 6.92. The van der Waals surface area contributed by atoms with Crippen molar-refractivity contribution >= 4 is 28.4 Å². The van der Waals surface area contributed by atoms with Gasteiger partial charge in [-0.25, -0.2) is 9.59 Å². The molecule has 0 spiro atoms. The van der Waals surface area contributed by atoms with Gasteiger partial charge in [0.1, 0.15) is 11.3 Å². The highest BCUT2D eigenvalue weighted by molar-refractivity contribution is 5.94. The second-order valence-corrected chi connectivity index (χ2v) is 9.50. The van der Waals surface area contributed by atoms with E-state index >= 15 is 0 Å². The highest BCUT2D eigenvalue weighted by atomic mass is 16.6. The summed E-state index contributed by atoms with van der Waals surface area (Å²) in [4.78, 5) is 38.9. The van der Waals surface area contributed by atoms with Crippen molar-refractivity contribution in [3.8, 4) is 5.75 Å². The Hall–Kier alpha value is -3.87. The lowest BCUT2D eigenvalue weighted by Gasteiger charge is -2.23. The van der Waals surface area contributed by atoms with Crippen LogP contribution in [0.1, 0.15) is 37.0 Å². The first kappa shape index (κ1) is 22.9. The van der Waals surface area contributed by atoms with E-state index in [1.807, 2.05) is 36.2 Å². The van der Waals surface area contributed by atoms with E-state index in [1.54, 1.807) is 12.1 Å². The average molecular weight is 474 g/mol. The van der Waals surface area contributed by atoms with Gasteiger partial charge in [0, 0.05) is 46.9 Å². The number of ketones is 1. The molecule has 0 saturated carbocycles. The molecule has 0 amide bonds. The number of carbonyl (C=O) groups excluding carboxylic acids is 2. The minimum Gasteiger partial charge on any atom is -0.482 e. The molecule has 0 bridgehead atoms. The Morgan fingerprint density at radius 1 is 1.09 bits per heavy atom. The van der Waals surface area contributed by atoms with Crippen molar-refractivity contribution in [2.24, 2.45) is 0 Å². The van der Waals surface area contributed by atoms with Gasteiger partial charge in [-0.1, -0.05) is 32.0 Å². The molecule has 1 aromatic heterocycles. The zero-order chi connectivity index (χ0) is 24.7. The predicted molar refractivity (Wildman–Crippen MR) is 132 cm³/mol. The zero-order valence-electron chi connectivity index (χ0n) is 20.1. The number of esters is 1. The molecular formula is C28H27NO6. The van der Waals surface area contributed by atoms with Gasteiger partial charge in [-0.2, -0.15) is 0 Å². The lowest BCUT2D eigenvalue weighted by molar-refractivity contribution is -0.148. The van der Waals surface area contributed by atoms with Gasteiger partial charge in [-0.05, 0) is 48.6 Å². The van der Waals surface area contributed by atoms with Crippen LogP contribution in [0, 0.1) is 0 Å². The molecule has 7 heteroatoms. The van der Waals surface area contributed by atoms with Crippen LogP contribution in [0.5, 0.6) is 5.75 Å². The number of carbonyl (C=O) groups is 2. The maximum absolute atomic E-state index is 12.6. The lowest BCUT2D eigenvalue weighted by Crippen LogP contribution is -2.25. The van der Waals surface area contributed by atoms with Crippen molar-refractivity contribution < 1.29 is 23.5 Å². The Morgan fingerprint density at radius 2 is 1.86 bits per heavy atom. The molecule has 2 heterocycles. The summed E-state index contributed by atoms with van der Waals surface area (Å²) < 4.78 is 16.1. The first-order valence-corrected chi connectivity index (χ1v) is 11.7. The van der Waals surface area contributed by atoms with Crippen LogP contribution in [-0.4, -0.2) is 32.0 Å². The van der Waals surface area contributed by atoms with Gasteiger partial charge >= 0.3 is 11.6 Å². The number of ether oxygens (including phenoxy) is 2. The smallest absolute Gasteiger partial charge is 0.344 e. The summed E-state index contributed by atoms with van der Waals surface area (Å²) in [7, 11) is 1.92. The monoisotopic (exact) mass is 473 g/mol. The third-order valence-electron chi connectivity index (χ3n) is 6.92. The number of allylic oxidation sites excluding steroid dienone is 1. The van der Waals surface area contributed by atoms with Crippen molar-refractivity contribution in [1.29, 1.82) is 0 Å². The number of rotatable bonds is 6. The van der Waals surface area contributed by atoms with Gasteiger partial charge in [0.2, 0.25) is 0 Å². The topological polar surface area (TPSA) is 86.0 Å². The number of benzene rings is 2. The van der Waals surface area contributed by atoms with E-state index in [-0.39, 0.29) is 30.0 Å². The Kier molecular flexibility index (Phi) is 5.71. The van der Waals surface area contributed by atoms with Crippen molar-refractivity contribution in [2.75, 3.05) is 25.2 Å². The molecule has 0 atom stereocenters. The van der Waals surface area contributed by atoms with E-state index in [1.165, 1.54) is 6.08 Å². The fraction of sp³-hybridized carbons (Fsp3) is 0.321. The minimum absolute atomic E-state index is 0.303. The second kappa shape index (κ2) is 8.73. The molecule has 2 aliphatic rings. The Bertz CT molecular complexity index is 1430. The molecule has 0 saturated heterocycles. The van der Waals surface area contributed by atoms with E-state index in [9.17, 15) is 14.4 Å². The van der Waals surface area contributed by atoms with Crippen molar-refractivity contribution in [1.82, 2.24) is 0 Å². The first-order valence-electron chi connectivity index (χ1n) is 11.7. The fourth-order valence-corrected chi connectivity index (χ4v) is 5.14. The van der Waals surface area contributed by atoms with Gasteiger partial charge in [0.05, 0.1) is 0 Å². The molecule has 0 fully saturated rings. The molecular weight excluding hydrogens is 446 g/mol. The van der Waals surface area contributed by atoms with Crippen molar-refractivity contribution in [3.63, 3.8) is 0 Å². The molecule has 2 aromatic carbocycles. The van der Waals surface area contributed by atoms with Gasteiger partial charge in [0.25, 0.3) is 0 Å². The maximum atomic E-state index is 12.6. The summed E-state index contributed by atoms with van der Waals surface area (Å²) in [6.45, 7) is 3.40. The predicted octanol–water partition coefficient (Wildman–Crippen LogP) is 4.08. The van der Waals surface area contributed by atoms with Crippen LogP contribution >= 0.6 is 0 Å². The molecule has 0 unspecified atom stereocenters. The summed E-state index contributed by atoms with van der Waals surface area (Å²) >= 11 is 0. The van der Waals surface area contributed by atoms with E-state index < -0.39 is 5.97 Å². The molecule has 180 valence electrons. The summed E-state index contributed by atoms with van der Waals surface area (Å²) in [6.07, 6.45) is 4.08. The number of likely N-dealkylation sites (N-methyl/N-ethyl adjacent to an activating group) is 1. The number of fused-ring (bicyclic) bond motifs is 4. The molecule has 1 aliphatic heterocycles. The number of para-hydroxylation sites is 1. The summed E-state index contributed by atoms with van der Waals surface area (Å²) in [5.74, 6) is -0.576. The fourth-order valence-electron chi connectivity index (χ4n) is 5.14. The third kappa shape index (κ3) is 4.11. The number of hydrogen-bond acceptors (Lipinski definition) is 7. The second-order valence-electron chi connectivity index (χ2n) is 9.50. The number of aryl methyl sites for hydroxylation is 1. The summed E-state index contributed by atoms with van der Waals surface area (Å²) in [5.41, 5.74) is 4.63. The van der Waals surface area contributed by atoms with E-state index in [0.717, 1.165) is 52.7 Å². The largest absolute Gasteiger partial charge is 0.482 e. The van der Waals surface area contributed by atoms with E-state index in [2.05, 4.69) is 19.9 Å². The number of nitrogens with zero attached hydrogens (tertiary/aromatic N) is 1. The van der Waals surface area contributed by atoms with Gasteiger partial charge in [-0.3, -0.25) is 4.79 Å². The van der Waals surface area contributed by atoms with Gasteiger partial charge in [0.15, 0.2) is 19.0 Å². The van der Waals surface area contributed by atoms with Crippen molar-refractivity contribution in [3.05, 3.63) is 81.3 Å². The Balaban J connectivity index is 1.19. The standard InChI is InChI=1S/C28H27NO6/c1-28(2)22-9-4-5-10-23(22)29(3)25(28)13-17(30)15-34-26(31)16-33-18-11-12-20-19-7-6-8-21(19)27(32)35-24(20)14-18/h4-5,9-14H,6-8,15-16H2,1-3H3/b25-13+. The Morgan fingerprint density at radius 3 is 2.66 bits per heavy atom.